The molecule has 0 fully saturated rings. The van der Waals surface area contributed by atoms with E-state index in [1.54, 1.807) is 12.1 Å². The summed E-state index contributed by atoms with van der Waals surface area (Å²) in [5.41, 5.74) is 0. The van der Waals surface area contributed by atoms with E-state index in [-0.39, 0.29) is 35.5 Å². The molecule has 0 radical (unpaired) electrons. The van der Waals surface area contributed by atoms with E-state index in [9.17, 15) is 14.7 Å². The Hall–Kier alpha value is -1.83. The second kappa shape index (κ2) is 7.16. The van der Waals surface area contributed by atoms with E-state index in [2.05, 4.69) is 0 Å². The number of hydrogen-bond acceptors (Lipinski definition) is 6. The highest BCUT2D eigenvalue weighted by Gasteiger charge is 2.21. The SMILES string of the molecule is COCOc1cc2sc(C(=O)C[C@H](C)C(=O)O)cc2c(Cl)c1O. The lowest BCUT2D eigenvalue weighted by molar-refractivity contribution is -0.141. The molecule has 0 bridgehead atoms. The maximum Gasteiger partial charge on any atom is 0.306 e. The van der Waals surface area contributed by atoms with Crippen molar-refractivity contribution in [3.63, 3.8) is 0 Å². The maximum atomic E-state index is 12.2. The van der Waals surface area contributed by atoms with Gasteiger partial charge in [-0.25, -0.2) is 0 Å². The number of thiophene rings is 1. The third kappa shape index (κ3) is 3.74. The minimum Gasteiger partial charge on any atom is -0.503 e. The number of Topliss-reactive ketones (excluding diaryl/α,β-unsaturated/α-hetero) is 1. The van der Waals surface area contributed by atoms with Crippen molar-refractivity contribution in [2.24, 2.45) is 5.92 Å². The first-order valence-corrected chi connectivity index (χ1v) is 7.87. The number of ether oxygens (including phenoxy) is 2. The van der Waals surface area contributed by atoms with Crippen molar-refractivity contribution in [2.75, 3.05) is 13.9 Å². The molecule has 2 rings (SSSR count). The number of phenolic OH excluding ortho intramolecular Hbond substituents is 1. The number of aliphatic carboxylic acids is 1. The third-order valence-electron chi connectivity index (χ3n) is 3.22. The molecule has 0 amide bonds. The number of halogens is 1. The molecule has 1 atom stereocenters. The minimum absolute atomic E-state index is 0.0529. The average Bonchev–Trinajstić information content (AvgIpc) is 2.93. The quantitative estimate of drug-likeness (QED) is 0.581. The zero-order valence-electron chi connectivity index (χ0n) is 12.5. The van der Waals surface area contributed by atoms with Crippen LogP contribution in [0.5, 0.6) is 11.5 Å². The van der Waals surface area contributed by atoms with Gasteiger partial charge in [-0.2, -0.15) is 0 Å². The fourth-order valence-corrected chi connectivity index (χ4v) is 3.30. The first kappa shape index (κ1) is 17.5. The highest BCUT2D eigenvalue weighted by atomic mass is 35.5. The van der Waals surface area contributed by atoms with Gasteiger partial charge in [0.05, 0.1) is 15.8 Å². The van der Waals surface area contributed by atoms with Gasteiger partial charge in [-0.3, -0.25) is 9.59 Å². The zero-order valence-corrected chi connectivity index (χ0v) is 14.0. The van der Waals surface area contributed by atoms with Crippen molar-refractivity contribution in [3.05, 3.63) is 22.0 Å². The number of benzene rings is 1. The molecule has 0 aliphatic rings. The Morgan fingerprint density at radius 2 is 2.09 bits per heavy atom. The van der Waals surface area contributed by atoms with Crippen LogP contribution in [0.15, 0.2) is 12.1 Å². The van der Waals surface area contributed by atoms with Crippen LogP contribution >= 0.6 is 22.9 Å². The first-order valence-electron chi connectivity index (χ1n) is 6.67. The monoisotopic (exact) mass is 358 g/mol. The lowest BCUT2D eigenvalue weighted by atomic mass is 10.0. The summed E-state index contributed by atoms with van der Waals surface area (Å²) in [6.07, 6.45) is -0.0984. The lowest BCUT2D eigenvalue weighted by Gasteiger charge is -2.08. The van der Waals surface area contributed by atoms with Gasteiger partial charge in [0.2, 0.25) is 0 Å². The molecule has 23 heavy (non-hydrogen) atoms. The summed E-state index contributed by atoms with van der Waals surface area (Å²) in [5, 5.41) is 19.5. The molecule has 0 saturated heterocycles. The summed E-state index contributed by atoms with van der Waals surface area (Å²) < 4.78 is 10.7. The number of carbonyl (C=O) groups excluding carboxylic acids is 1. The number of phenols is 1. The molecule has 1 aromatic heterocycles. The third-order valence-corrected chi connectivity index (χ3v) is 4.73. The Bertz CT molecular complexity index is 754. The number of methoxy groups -OCH3 is 1. The fraction of sp³-hybridized carbons (Fsp3) is 0.333. The molecule has 2 N–H and O–H groups in total. The number of fused-ring (bicyclic) bond motifs is 1. The van der Waals surface area contributed by atoms with Crippen molar-refractivity contribution < 1.29 is 29.3 Å². The Labute approximate surface area is 141 Å². The van der Waals surface area contributed by atoms with Crippen LogP contribution in [0, 0.1) is 5.92 Å². The number of aromatic hydroxyl groups is 1. The summed E-state index contributed by atoms with van der Waals surface area (Å²) in [6, 6.07) is 3.12. The summed E-state index contributed by atoms with van der Waals surface area (Å²) in [7, 11) is 1.45. The summed E-state index contributed by atoms with van der Waals surface area (Å²) in [4.78, 5) is 23.4. The number of carboxylic acid groups (broad SMARTS) is 1. The molecule has 1 heterocycles. The molecule has 0 unspecified atom stereocenters. The van der Waals surface area contributed by atoms with Gasteiger partial charge in [0.1, 0.15) is 0 Å². The molecule has 0 aliphatic carbocycles. The molecule has 2 aromatic rings. The summed E-state index contributed by atoms with van der Waals surface area (Å²) >= 11 is 7.29. The largest absolute Gasteiger partial charge is 0.503 e. The predicted molar refractivity (Wildman–Crippen MR) is 86.8 cm³/mol. The minimum atomic E-state index is -1.02. The molecule has 1 aromatic carbocycles. The van der Waals surface area contributed by atoms with E-state index in [1.165, 1.54) is 25.4 Å². The van der Waals surface area contributed by atoms with Crippen LogP contribution in [-0.4, -0.2) is 35.9 Å². The molecule has 6 nitrogen and oxygen atoms in total. The van der Waals surface area contributed by atoms with Crippen LogP contribution in [0.4, 0.5) is 0 Å². The Morgan fingerprint density at radius 1 is 1.39 bits per heavy atom. The lowest BCUT2D eigenvalue weighted by Crippen LogP contribution is -2.13. The highest BCUT2D eigenvalue weighted by Crippen LogP contribution is 2.43. The van der Waals surface area contributed by atoms with Crippen LogP contribution in [0.3, 0.4) is 0 Å². The summed E-state index contributed by atoms with van der Waals surface area (Å²) in [5.74, 6) is -2.14. The van der Waals surface area contributed by atoms with E-state index in [4.69, 9.17) is 26.2 Å². The number of hydrogen-bond donors (Lipinski definition) is 2. The van der Waals surface area contributed by atoms with Crippen molar-refractivity contribution in [3.8, 4) is 11.5 Å². The van der Waals surface area contributed by atoms with E-state index in [0.29, 0.717) is 15.0 Å². The van der Waals surface area contributed by atoms with Gasteiger partial charge in [0, 0.05) is 29.7 Å². The molecule has 0 saturated carbocycles. The molecular weight excluding hydrogens is 344 g/mol. The standard InChI is InChI=1S/C15H15ClO6S/c1-7(15(19)20)3-9(17)12-4-8-11(23-12)5-10(22-6-21-2)14(18)13(8)16/h4-5,7,18H,3,6H2,1-2H3,(H,19,20)/t7-/m0/s1. The van der Waals surface area contributed by atoms with E-state index in [0.717, 1.165) is 0 Å². The van der Waals surface area contributed by atoms with Crippen LogP contribution < -0.4 is 4.74 Å². The molecule has 0 spiro atoms. The van der Waals surface area contributed by atoms with Gasteiger partial charge in [-0.05, 0) is 6.07 Å². The second-order valence-electron chi connectivity index (χ2n) is 4.98. The van der Waals surface area contributed by atoms with E-state index < -0.39 is 11.9 Å². The number of ketones is 1. The van der Waals surface area contributed by atoms with Crippen LogP contribution in [-0.2, 0) is 9.53 Å². The Kier molecular flexibility index (Phi) is 5.46. The molecule has 124 valence electrons. The normalized spacial score (nSPS) is 12.3. The second-order valence-corrected chi connectivity index (χ2v) is 6.44. The van der Waals surface area contributed by atoms with Crippen molar-refractivity contribution in [1.82, 2.24) is 0 Å². The van der Waals surface area contributed by atoms with Crippen LogP contribution in [0.2, 0.25) is 5.02 Å². The summed E-state index contributed by atoms with van der Waals surface area (Å²) in [6.45, 7) is 1.42. The van der Waals surface area contributed by atoms with Gasteiger partial charge in [-0.15, -0.1) is 11.3 Å². The number of carbonyl (C=O) groups is 2. The van der Waals surface area contributed by atoms with E-state index in [1.807, 2.05) is 0 Å². The number of rotatable bonds is 7. The van der Waals surface area contributed by atoms with Crippen LogP contribution in [0.1, 0.15) is 23.0 Å². The topological polar surface area (TPSA) is 93.1 Å². The highest BCUT2D eigenvalue weighted by molar-refractivity contribution is 7.21. The fourth-order valence-electron chi connectivity index (χ4n) is 1.94. The van der Waals surface area contributed by atoms with Gasteiger partial charge in [-0.1, -0.05) is 18.5 Å². The van der Waals surface area contributed by atoms with Gasteiger partial charge >= 0.3 is 5.97 Å². The Balaban J connectivity index is 2.36. The van der Waals surface area contributed by atoms with Crippen molar-refractivity contribution in [1.29, 1.82) is 0 Å². The van der Waals surface area contributed by atoms with Crippen LogP contribution in [0.25, 0.3) is 10.1 Å². The zero-order chi connectivity index (χ0) is 17.1. The van der Waals surface area contributed by atoms with E-state index >= 15 is 0 Å². The van der Waals surface area contributed by atoms with Gasteiger partial charge in [0.15, 0.2) is 24.1 Å². The van der Waals surface area contributed by atoms with Crippen molar-refractivity contribution in [2.45, 2.75) is 13.3 Å². The molecule has 0 aliphatic heterocycles. The van der Waals surface area contributed by atoms with Gasteiger partial charge < -0.3 is 19.7 Å². The maximum absolute atomic E-state index is 12.2. The van der Waals surface area contributed by atoms with Gasteiger partial charge in [0.25, 0.3) is 0 Å². The smallest absolute Gasteiger partial charge is 0.306 e. The van der Waals surface area contributed by atoms with Crippen molar-refractivity contribution >= 4 is 44.8 Å². The average molecular weight is 359 g/mol. The predicted octanol–water partition coefficient (Wildman–Crippen LogP) is 3.54. The molecular formula is C15H15ClO6S. The molecule has 8 heteroatoms. The Morgan fingerprint density at radius 3 is 2.70 bits per heavy atom. The first-order chi connectivity index (χ1) is 10.8. The number of carboxylic acids is 1.